The molecule has 2 atom stereocenters. The van der Waals surface area contributed by atoms with Crippen LogP contribution in [-0.4, -0.2) is 34.9 Å². The summed E-state index contributed by atoms with van der Waals surface area (Å²) < 4.78 is 7.53. The lowest BCUT2D eigenvalue weighted by Crippen LogP contribution is -2.43. The first-order valence-electron chi connectivity index (χ1n) is 6.21. The number of nitrogens with one attached hydrogen (secondary N) is 1. The predicted molar refractivity (Wildman–Crippen MR) is 67.5 cm³/mol. The summed E-state index contributed by atoms with van der Waals surface area (Å²) in [4.78, 5) is 11.5. The van der Waals surface area contributed by atoms with E-state index in [1.54, 1.807) is 18.7 Å². The van der Waals surface area contributed by atoms with Gasteiger partial charge in [0.2, 0.25) is 5.88 Å². The molecule has 1 aliphatic rings. The van der Waals surface area contributed by atoms with Crippen LogP contribution in [0.2, 0.25) is 0 Å². The van der Waals surface area contributed by atoms with Crippen LogP contribution in [0.1, 0.15) is 29.4 Å². The van der Waals surface area contributed by atoms with E-state index in [9.17, 15) is 4.79 Å². The van der Waals surface area contributed by atoms with Crippen molar-refractivity contribution in [2.24, 2.45) is 18.7 Å². The molecule has 18 heavy (non-hydrogen) atoms. The van der Waals surface area contributed by atoms with Gasteiger partial charge >= 0.3 is 0 Å². The van der Waals surface area contributed by atoms with Gasteiger partial charge in [0, 0.05) is 13.6 Å². The number of piperidine rings is 1. The van der Waals surface area contributed by atoms with Crippen LogP contribution in [-0.2, 0) is 7.05 Å². The lowest BCUT2D eigenvalue weighted by atomic mass is 9.97. The van der Waals surface area contributed by atoms with E-state index in [0.717, 1.165) is 19.5 Å². The number of aromatic nitrogens is 2. The van der Waals surface area contributed by atoms with Crippen LogP contribution < -0.4 is 15.8 Å². The van der Waals surface area contributed by atoms with Gasteiger partial charge in [0.05, 0.1) is 5.69 Å². The topological polar surface area (TPSA) is 82.2 Å². The van der Waals surface area contributed by atoms with Gasteiger partial charge in [-0.25, -0.2) is 4.68 Å². The lowest BCUT2D eigenvalue weighted by molar-refractivity contribution is 0.0939. The Bertz CT molecular complexity index is 455. The van der Waals surface area contributed by atoms with E-state index in [0.29, 0.717) is 23.1 Å². The second-order valence-corrected chi connectivity index (χ2v) is 4.88. The molecule has 2 unspecified atom stereocenters. The Kier molecular flexibility index (Phi) is 3.56. The number of nitrogens with zero attached hydrogens (tertiary/aromatic N) is 2. The maximum Gasteiger partial charge on any atom is 0.256 e. The number of nitrogens with two attached hydrogens (primary N) is 1. The summed E-state index contributed by atoms with van der Waals surface area (Å²) in [7, 11) is 1.76. The molecule has 100 valence electrons. The highest BCUT2D eigenvalue weighted by molar-refractivity contribution is 5.96. The van der Waals surface area contributed by atoms with Crippen LogP contribution in [0.3, 0.4) is 0 Å². The molecule has 1 saturated heterocycles. The highest BCUT2D eigenvalue weighted by Crippen LogP contribution is 2.25. The minimum atomic E-state index is -0.493. The molecular weight excluding hydrogens is 232 g/mol. The fraction of sp³-hybridized carbons (Fsp3) is 0.667. The third-order valence-electron chi connectivity index (χ3n) is 3.44. The molecule has 1 aliphatic heterocycles. The average molecular weight is 252 g/mol. The van der Waals surface area contributed by atoms with E-state index in [-0.39, 0.29) is 6.10 Å². The molecule has 2 rings (SSSR count). The SMILES string of the molecule is Cc1nn(C)c(OC2CNCCC2C)c1C(N)=O. The van der Waals surface area contributed by atoms with Crippen molar-refractivity contribution in [1.29, 1.82) is 0 Å². The van der Waals surface area contributed by atoms with Gasteiger partial charge in [-0.3, -0.25) is 4.79 Å². The Morgan fingerprint density at radius 2 is 2.33 bits per heavy atom. The zero-order chi connectivity index (χ0) is 13.3. The molecule has 1 aromatic rings. The van der Waals surface area contributed by atoms with Gasteiger partial charge in [-0.1, -0.05) is 6.92 Å². The highest BCUT2D eigenvalue weighted by atomic mass is 16.5. The van der Waals surface area contributed by atoms with Gasteiger partial charge in [-0.05, 0) is 25.8 Å². The minimum Gasteiger partial charge on any atom is -0.472 e. The van der Waals surface area contributed by atoms with E-state index >= 15 is 0 Å². The van der Waals surface area contributed by atoms with Crippen LogP contribution >= 0.6 is 0 Å². The van der Waals surface area contributed by atoms with Crippen molar-refractivity contribution < 1.29 is 9.53 Å². The quantitative estimate of drug-likeness (QED) is 0.805. The maximum absolute atomic E-state index is 11.5. The second kappa shape index (κ2) is 4.97. The van der Waals surface area contributed by atoms with Crippen molar-refractivity contribution in [3.8, 4) is 5.88 Å². The molecule has 1 amide bonds. The molecule has 0 aliphatic carbocycles. The number of carbonyl (C=O) groups is 1. The van der Waals surface area contributed by atoms with Gasteiger partial charge in [0.1, 0.15) is 11.7 Å². The maximum atomic E-state index is 11.5. The van der Waals surface area contributed by atoms with Crippen molar-refractivity contribution in [2.45, 2.75) is 26.4 Å². The van der Waals surface area contributed by atoms with Crippen LogP contribution in [0.15, 0.2) is 0 Å². The molecule has 0 spiro atoms. The number of amides is 1. The molecule has 6 heteroatoms. The summed E-state index contributed by atoms with van der Waals surface area (Å²) >= 11 is 0. The largest absolute Gasteiger partial charge is 0.472 e. The summed E-state index contributed by atoms with van der Waals surface area (Å²) in [6, 6.07) is 0. The van der Waals surface area contributed by atoms with E-state index in [1.165, 1.54) is 0 Å². The molecule has 3 N–H and O–H groups in total. The van der Waals surface area contributed by atoms with E-state index < -0.39 is 5.91 Å². The molecule has 6 nitrogen and oxygen atoms in total. The van der Waals surface area contributed by atoms with E-state index in [1.807, 2.05) is 0 Å². The number of carbonyl (C=O) groups excluding carboxylic acids is 1. The molecule has 0 aromatic carbocycles. The Balaban J connectivity index is 2.25. The smallest absolute Gasteiger partial charge is 0.256 e. The summed E-state index contributed by atoms with van der Waals surface area (Å²) in [5, 5.41) is 7.48. The van der Waals surface area contributed by atoms with Crippen LogP contribution in [0.5, 0.6) is 5.88 Å². The molecular formula is C12H20N4O2. The molecule has 0 bridgehead atoms. The Morgan fingerprint density at radius 3 is 2.94 bits per heavy atom. The summed E-state index contributed by atoms with van der Waals surface area (Å²) in [5.41, 5.74) is 6.37. The highest BCUT2D eigenvalue weighted by Gasteiger charge is 2.27. The van der Waals surface area contributed by atoms with Gasteiger partial charge < -0.3 is 15.8 Å². The summed E-state index contributed by atoms with van der Waals surface area (Å²) in [5.74, 6) is 0.426. The first-order chi connectivity index (χ1) is 8.50. The second-order valence-electron chi connectivity index (χ2n) is 4.88. The van der Waals surface area contributed by atoms with Gasteiger partial charge in [-0.15, -0.1) is 0 Å². The third-order valence-corrected chi connectivity index (χ3v) is 3.44. The van der Waals surface area contributed by atoms with Crippen molar-refractivity contribution in [2.75, 3.05) is 13.1 Å². The Labute approximate surface area is 106 Å². The Morgan fingerprint density at radius 1 is 1.61 bits per heavy atom. The standard InChI is InChI=1S/C12H20N4O2/c1-7-4-5-14-6-9(7)18-12-10(11(13)17)8(2)15-16(12)3/h7,9,14H,4-6H2,1-3H3,(H2,13,17). The number of hydrogen-bond acceptors (Lipinski definition) is 4. The van der Waals surface area contributed by atoms with Crippen LogP contribution in [0.25, 0.3) is 0 Å². The number of ether oxygens (including phenoxy) is 1. The molecule has 1 fully saturated rings. The fourth-order valence-corrected chi connectivity index (χ4v) is 2.32. The third kappa shape index (κ3) is 2.33. The van der Waals surface area contributed by atoms with Crippen LogP contribution in [0.4, 0.5) is 0 Å². The Hall–Kier alpha value is -1.56. The van der Waals surface area contributed by atoms with Crippen molar-refractivity contribution in [3.05, 3.63) is 11.3 Å². The monoisotopic (exact) mass is 252 g/mol. The zero-order valence-corrected chi connectivity index (χ0v) is 11.1. The summed E-state index contributed by atoms with van der Waals surface area (Å²) in [6.45, 7) is 5.70. The van der Waals surface area contributed by atoms with E-state index in [2.05, 4.69) is 17.3 Å². The molecule has 0 saturated carbocycles. The van der Waals surface area contributed by atoms with Crippen molar-refractivity contribution in [1.82, 2.24) is 15.1 Å². The van der Waals surface area contributed by atoms with Gasteiger partial charge in [0.25, 0.3) is 5.91 Å². The number of hydrogen-bond donors (Lipinski definition) is 2. The lowest BCUT2D eigenvalue weighted by Gasteiger charge is -2.30. The fourth-order valence-electron chi connectivity index (χ4n) is 2.32. The van der Waals surface area contributed by atoms with Crippen molar-refractivity contribution in [3.63, 3.8) is 0 Å². The first-order valence-corrected chi connectivity index (χ1v) is 6.21. The van der Waals surface area contributed by atoms with Crippen molar-refractivity contribution >= 4 is 5.91 Å². The van der Waals surface area contributed by atoms with Gasteiger partial charge in [0.15, 0.2) is 0 Å². The number of primary amides is 1. The summed E-state index contributed by atoms with van der Waals surface area (Å²) in [6.07, 6.45) is 1.11. The molecule has 0 radical (unpaired) electrons. The predicted octanol–water partition coefficient (Wildman–Crippen LogP) is 0.204. The van der Waals surface area contributed by atoms with Crippen LogP contribution in [0, 0.1) is 12.8 Å². The zero-order valence-electron chi connectivity index (χ0n) is 11.1. The minimum absolute atomic E-state index is 0.0478. The van der Waals surface area contributed by atoms with E-state index in [4.69, 9.17) is 10.5 Å². The number of rotatable bonds is 3. The molecule has 1 aromatic heterocycles. The normalized spacial score (nSPS) is 23.9. The van der Waals surface area contributed by atoms with Gasteiger partial charge in [-0.2, -0.15) is 5.10 Å². The molecule has 2 heterocycles. The average Bonchev–Trinajstić information content (AvgIpc) is 2.57. The number of aryl methyl sites for hydroxylation is 2. The first kappa shape index (κ1) is 12.9.